The van der Waals surface area contributed by atoms with Gasteiger partial charge in [-0.15, -0.1) is 5.10 Å². The number of hydrogen-bond donors (Lipinski definition) is 1. The third kappa shape index (κ3) is 4.08. The predicted molar refractivity (Wildman–Crippen MR) is 105 cm³/mol. The number of benzene rings is 2. The first-order chi connectivity index (χ1) is 14.1. The van der Waals surface area contributed by atoms with Crippen LogP contribution in [-0.4, -0.2) is 57.1 Å². The number of hydrogen-bond acceptors (Lipinski definition) is 6. The Morgan fingerprint density at radius 2 is 2.07 bits per heavy atom. The second-order valence-electron chi connectivity index (χ2n) is 6.77. The molecular weight excluding hydrogens is 372 g/mol. The summed E-state index contributed by atoms with van der Waals surface area (Å²) in [7, 11) is 1.52. The number of nitrogens with one attached hydrogen (secondary N) is 1. The minimum Gasteiger partial charge on any atom is -0.494 e. The topological polar surface area (TPSA) is 102 Å². The number of rotatable bonds is 6. The van der Waals surface area contributed by atoms with E-state index in [0.717, 1.165) is 5.56 Å². The van der Waals surface area contributed by atoms with Gasteiger partial charge < -0.3 is 15.0 Å². The normalized spacial score (nSPS) is 16.1. The van der Waals surface area contributed by atoms with Gasteiger partial charge in [0.25, 0.3) is 0 Å². The van der Waals surface area contributed by atoms with Crippen LogP contribution in [0.1, 0.15) is 17.9 Å². The Labute approximate surface area is 167 Å². The molecule has 29 heavy (non-hydrogen) atoms. The van der Waals surface area contributed by atoms with Gasteiger partial charge in [0.15, 0.2) is 0 Å². The van der Waals surface area contributed by atoms with E-state index in [2.05, 4.69) is 20.8 Å². The van der Waals surface area contributed by atoms with Crippen LogP contribution in [0, 0.1) is 0 Å². The lowest BCUT2D eigenvalue weighted by molar-refractivity contribution is -0.131. The van der Waals surface area contributed by atoms with Crippen LogP contribution in [0.2, 0.25) is 0 Å². The second-order valence-corrected chi connectivity index (χ2v) is 6.77. The molecule has 4 rings (SSSR count). The molecule has 1 atom stereocenters. The average Bonchev–Trinajstić information content (AvgIpc) is 3.39. The minimum atomic E-state index is -0.277. The molecule has 0 bridgehead atoms. The van der Waals surface area contributed by atoms with Crippen LogP contribution < -0.4 is 10.1 Å². The molecule has 2 aromatic carbocycles. The molecule has 2 heterocycles. The van der Waals surface area contributed by atoms with Crippen molar-refractivity contribution >= 4 is 17.5 Å². The fourth-order valence-corrected chi connectivity index (χ4v) is 3.44. The van der Waals surface area contributed by atoms with Gasteiger partial charge in [-0.3, -0.25) is 9.59 Å². The van der Waals surface area contributed by atoms with E-state index in [1.165, 1.54) is 18.1 Å². The van der Waals surface area contributed by atoms with Crippen LogP contribution in [-0.2, 0) is 9.59 Å². The Morgan fingerprint density at radius 3 is 2.79 bits per heavy atom. The van der Waals surface area contributed by atoms with Crippen LogP contribution >= 0.6 is 0 Å². The van der Waals surface area contributed by atoms with Crippen LogP contribution in [0.25, 0.3) is 5.69 Å². The third-order valence-corrected chi connectivity index (χ3v) is 4.89. The summed E-state index contributed by atoms with van der Waals surface area (Å²) in [6.45, 7) is 0.533. The highest BCUT2D eigenvalue weighted by atomic mass is 16.5. The summed E-state index contributed by atoms with van der Waals surface area (Å²) in [6.07, 6.45) is 1.89. The van der Waals surface area contributed by atoms with Crippen molar-refractivity contribution in [3.8, 4) is 11.4 Å². The molecular formula is C20H20N6O3. The SMILES string of the molecule is COc1cc(-n2cnnn2)ccc1NC(=O)CN1CC(c2ccccc2)CC1=O. The van der Waals surface area contributed by atoms with E-state index in [-0.39, 0.29) is 24.3 Å². The number of nitrogens with zero attached hydrogens (tertiary/aromatic N) is 5. The minimum absolute atomic E-state index is 0.0000682. The Bertz CT molecular complexity index is 1010. The number of carbonyl (C=O) groups excluding carboxylic acids is 2. The zero-order chi connectivity index (χ0) is 20.2. The number of ether oxygens (including phenoxy) is 1. The van der Waals surface area contributed by atoms with Crippen molar-refractivity contribution in [2.45, 2.75) is 12.3 Å². The quantitative estimate of drug-likeness (QED) is 0.684. The van der Waals surface area contributed by atoms with Crippen molar-refractivity contribution in [1.82, 2.24) is 25.1 Å². The molecule has 0 spiro atoms. The number of likely N-dealkylation sites (tertiary alicyclic amines) is 1. The van der Waals surface area contributed by atoms with Gasteiger partial charge in [-0.2, -0.15) is 0 Å². The second kappa shape index (κ2) is 8.09. The van der Waals surface area contributed by atoms with Crippen molar-refractivity contribution < 1.29 is 14.3 Å². The average molecular weight is 392 g/mol. The van der Waals surface area contributed by atoms with Crippen LogP contribution in [0.5, 0.6) is 5.75 Å². The zero-order valence-electron chi connectivity index (χ0n) is 15.9. The number of tetrazole rings is 1. The van der Waals surface area contributed by atoms with E-state index < -0.39 is 0 Å². The first-order valence-electron chi connectivity index (χ1n) is 9.18. The lowest BCUT2D eigenvalue weighted by Crippen LogP contribution is -2.34. The molecule has 0 aliphatic carbocycles. The first kappa shape index (κ1) is 18.6. The van der Waals surface area contributed by atoms with Gasteiger partial charge in [0.05, 0.1) is 25.0 Å². The van der Waals surface area contributed by atoms with Crippen molar-refractivity contribution in [3.05, 3.63) is 60.4 Å². The molecule has 3 aromatic rings. The molecule has 0 radical (unpaired) electrons. The van der Waals surface area contributed by atoms with Gasteiger partial charge in [0, 0.05) is 24.9 Å². The zero-order valence-corrected chi connectivity index (χ0v) is 15.9. The number of carbonyl (C=O) groups is 2. The lowest BCUT2D eigenvalue weighted by Gasteiger charge is -2.17. The molecule has 1 aliphatic rings. The summed E-state index contributed by atoms with van der Waals surface area (Å²) in [5, 5.41) is 13.9. The molecule has 9 nitrogen and oxygen atoms in total. The standard InChI is InChI=1S/C20H20N6O3/c1-29-18-10-16(26-13-21-23-24-26)7-8-17(18)22-19(27)12-25-11-15(9-20(25)28)14-5-3-2-4-6-14/h2-8,10,13,15H,9,11-12H2,1H3,(H,22,27). The maximum Gasteiger partial charge on any atom is 0.244 e. The number of amides is 2. The van der Waals surface area contributed by atoms with Crippen molar-refractivity contribution in [2.75, 3.05) is 25.5 Å². The molecule has 1 aliphatic heterocycles. The molecule has 1 saturated heterocycles. The van der Waals surface area contributed by atoms with Crippen LogP contribution in [0.4, 0.5) is 5.69 Å². The van der Waals surface area contributed by atoms with Crippen molar-refractivity contribution in [3.63, 3.8) is 0 Å². The predicted octanol–water partition coefficient (Wildman–Crippen LogP) is 1.63. The first-order valence-corrected chi connectivity index (χ1v) is 9.18. The molecule has 1 aromatic heterocycles. The molecule has 1 fully saturated rings. The lowest BCUT2D eigenvalue weighted by atomic mass is 9.99. The summed E-state index contributed by atoms with van der Waals surface area (Å²) < 4.78 is 6.86. The number of methoxy groups -OCH3 is 1. The summed E-state index contributed by atoms with van der Waals surface area (Å²) in [4.78, 5) is 26.5. The summed E-state index contributed by atoms with van der Waals surface area (Å²) in [5.41, 5.74) is 2.33. The van der Waals surface area contributed by atoms with Gasteiger partial charge >= 0.3 is 0 Å². The maximum absolute atomic E-state index is 12.5. The van der Waals surface area contributed by atoms with Crippen molar-refractivity contribution in [1.29, 1.82) is 0 Å². The van der Waals surface area contributed by atoms with Gasteiger partial charge in [-0.1, -0.05) is 30.3 Å². The molecule has 1 N–H and O–H groups in total. The molecule has 148 valence electrons. The van der Waals surface area contributed by atoms with Crippen LogP contribution in [0.3, 0.4) is 0 Å². The monoisotopic (exact) mass is 392 g/mol. The Kier molecular flexibility index (Phi) is 5.19. The summed E-state index contributed by atoms with van der Waals surface area (Å²) in [5.74, 6) is 0.290. The highest BCUT2D eigenvalue weighted by Crippen LogP contribution is 2.29. The third-order valence-electron chi connectivity index (χ3n) is 4.89. The number of anilines is 1. The highest BCUT2D eigenvalue weighted by molar-refractivity contribution is 5.96. The summed E-state index contributed by atoms with van der Waals surface area (Å²) >= 11 is 0. The van der Waals surface area contributed by atoms with E-state index in [9.17, 15) is 9.59 Å². The molecule has 2 amide bonds. The number of aromatic nitrogens is 4. The van der Waals surface area contributed by atoms with Gasteiger partial charge in [0.2, 0.25) is 11.8 Å². The maximum atomic E-state index is 12.5. The fraction of sp³-hybridized carbons (Fsp3) is 0.250. The Morgan fingerprint density at radius 1 is 1.24 bits per heavy atom. The Balaban J connectivity index is 1.41. The smallest absolute Gasteiger partial charge is 0.244 e. The van der Waals surface area contributed by atoms with E-state index in [4.69, 9.17) is 4.74 Å². The van der Waals surface area contributed by atoms with Gasteiger partial charge in [0.1, 0.15) is 12.1 Å². The molecule has 1 unspecified atom stereocenters. The van der Waals surface area contributed by atoms with Gasteiger partial charge in [-0.05, 0) is 28.1 Å². The largest absolute Gasteiger partial charge is 0.494 e. The van der Waals surface area contributed by atoms with E-state index in [1.54, 1.807) is 23.1 Å². The highest BCUT2D eigenvalue weighted by Gasteiger charge is 2.31. The van der Waals surface area contributed by atoms with E-state index >= 15 is 0 Å². The molecule has 9 heteroatoms. The van der Waals surface area contributed by atoms with Crippen LogP contribution in [0.15, 0.2) is 54.9 Å². The summed E-state index contributed by atoms with van der Waals surface area (Å²) in [6, 6.07) is 15.1. The Hall–Kier alpha value is -3.75. The molecule has 0 saturated carbocycles. The van der Waals surface area contributed by atoms with E-state index in [1.807, 2.05) is 30.3 Å². The van der Waals surface area contributed by atoms with Crippen molar-refractivity contribution in [2.24, 2.45) is 0 Å². The van der Waals surface area contributed by atoms with Gasteiger partial charge in [-0.25, -0.2) is 4.68 Å². The van der Waals surface area contributed by atoms with E-state index in [0.29, 0.717) is 30.1 Å². The fourth-order valence-electron chi connectivity index (χ4n) is 3.44.